The van der Waals surface area contributed by atoms with Crippen molar-refractivity contribution in [3.63, 3.8) is 0 Å². The van der Waals surface area contributed by atoms with Gasteiger partial charge in [-0.05, 0) is 168 Å². The second-order valence-electron chi connectivity index (χ2n) is 19.7. The zero-order valence-corrected chi connectivity index (χ0v) is 47.0. The van der Waals surface area contributed by atoms with Crippen LogP contribution in [0.5, 0.6) is 34.5 Å². The Morgan fingerprint density at radius 3 is 1.57 bits per heavy atom. The van der Waals surface area contributed by atoms with E-state index < -0.39 is 30.2 Å². The van der Waals surface area contributed by atoms with Gasteiger partial charge in [0, 0.05) is 41.3 Å². The highest BCUT2D eigenvalue weighted by Crippen LogP contribution is 2.37. The van der Waals surface area contributed by atoms with Crippen molar-refractivity contribution in [2.75, 3.05) is 59.5 Å². The van der Waals surface area contributed by atoms with Crippen LogP contribution in [-0.2, 0) is 33.3 Å². The third-order valence-corrected chi connectivity index (χ3v) is 13.6. The van der Waals surface area contributed by atoms with Crippen molar-refractivity contribution in [2.45, 2.75) is 83.3 Å². The van der Waals surface area contributed by atoms with E-state index in [1.165, 1.54) is 6.08 Å². The predicted molar refractivity (Wildman–Crippen MR) is 314 cm³/mol. The molecule has 0 aliphatic heterocycles. The molecule has 5 aromatic carbocycles. The van der Waals surface area contributed by atoms with Crippen LogP contribution in [0.3, 0.4) is 0 Å². The number of fused-ring (bicyclic) bond motifs is 1. The molecular weight excluding hydrogens is 1060 g/mol. The van der Waals surface area contributed by atoms with Gasteiger partial charge >= 0.3 is 23.9 Å². The van der Waals surface area contributed by atoms with Crippen LogP contribution in [0.1, 0.15) is 87.4 Å². The summed E-state index contributed by atoms with van der Waals surface area (Å²) in [5.41, 5.74) is 4.08. The standard InChI is InChI=1S/C66H74N2O15/c1-4-60(69)78-37-13-9-7-11-35-75-52-27-25-49(26-28-52)66(73)83-57-20-16-18-51(44-57)64-63(67-58-34-33-56(45-59(58)68-64)77-41-39-74-40-42-80-62(71)6-3)50-17-15-19-55(43-50)81-46-47-21-23-48(24-22-47)65(72)82-54-31-29-53(30-32-54)76-36-12-8-10-14-38-79-61(70)5-2/h4-6,15-20,25-34,43-45,47-48,65,72H,1-3,7-14,21-24,35-42,46H2. The van der Waals surface area contributed by atoms with Gasteiger partial charge in [0.1, 0.15) is 47.7 Å². The SMILES string of the molecule is C=CC(=O)OCCCCCCOc1ccc(OC(O)C2CCC(COc3cccc(-c4nc5ccc(OCCOCCOC(=O)C=C)cc5nc4-c4cccc(OC(=O)c5ccc(OCCCCCCOC(=O)C=C)cc5)c4)c3)CC2)cc1. The summed E-state index contributed by atoms with van der Waals surface area (Å²) in [6.07, 6.45) is 12.8. The normalized spacial score (nSPS) is 14.1. The average molecular weight is 1140 g/mol. The quantitative estimate of drug-likeness (QED) is 0.00969. The number of esters is 4. The Kier molecular flexibility index (Phi) is 25.4. The maximum Gasteiger partial charge on any atom is 0.343 e. The summed E-state index contributed by atoms with van der Waals surface area (Å²) < 4.78 is 56.7. The molecule has 1 fully saturated rings. The largest absolute Gasteiger partial charge is 0.494 e. The van der Waals surface area contributed by atoms with Gasteiger partial charge in [-0.2, -0.15) is 0 Å². The highest BCUT2D eigenvalue weighted by atomic mass is 16.6. The minimum atomic E-state index is -0.941. The summed E-state index contributed by atoms with van der Waals surface area (Å²) in [5, 5.41) is 11.1. The first kappa shape index (κ1) is 62.1. The lowest BCUT2D eigenvalue weighted by Crippen LogP contribution is -2.31. The Morgan fingerprint density at radius 2 is 0.964 bits per heavy atom. The van der Waals surface area contributed by atoms with E-state index in [1.807, 2.05) is 66.7 Å². The van der Waals surface area contributed by atoms with Crippen molar-refractivity contribution in [3.8, 4) is 57.0 Å². The molecule has 6 aromatic rings. The van der Waals surface area contributed by atoms with Gasteiger partial charge in [0.15, 0.2) is 6.29 Å². The maximum atomic E-state index is 13.5. The van der Waals surface area contributed by atoms with E-state index in [9.17, 15) is 24.3 Å². The molecule has 1 aliphatic rings. The molecule has 0 saturated heterocycles. The number of carbonyl (C=O) groups excluding carboxylic acids is 4. The zero-order valence-electron chi connectivity index (χ0n) is 47.0. The molecule has 0 bridgehead atoms. The molecule has 1 heterocycles. The number of ether oxygens (including phenoxy) is 10. The number of unbranched alkanes of at least 4 members (excludes halogenated alkanes) is 6. The molecule has 438 valence electrons. The van der Waals surface area contributed by atoms with Crippen molar-refractivity contribution in [1.29, 1.82) is 0 Å². The molecule has 7 rings (SSSR count). The Bertz CT molecular complexity index is 3050. The van der Waals surface area contributed by atoms with Gasteiger partial charge in [-0.15, -0.1) is 0 Å². The van der Waals surface area contributed by atoms with E-state index in [1.54, 1.807) is 48.5 Å². The zero-order chi connectivity index (χ0) is 58.4. The summed E-state index contributed by atoms with van der Waals surface area (Å²) >= 11 is 0. The van der Waals surface area contributed by atoms with E-state index in [4.69, 9.17) is 57.3 Å². The molecule has 1 unspecified atom stereocenters. The maximum absolute atomic E-state index is 13.5. The molecule has 17 nitrogen and oxygen atoms in total. The summed E-state index contributed by atoms with van der Waals surface area (Å²) in [5.74, 6) is 1.86. The number of aliphatic hydroxyl groups is 1. The predicted octanol–water partition coefficient (Wildman–Crippen LogP) is 12.2. The average Bonchev–Trinajstić information content (AvgIpc) is 3.61. The van der Waals surface area contributed by atoms with Crippen molar-refractivity contribution in [1.82, 2.24) is 9.97 Å². The minimum absolute atomic E-state index is 0.0180. The third-order valence-electron chi connectivity index (χ3n) is 13.6. The number of rotatable bonds is 36. The summed E-state index contributed by atoms with van der Waals surface area (Å²) in [6.45, 7) is 13.3. The molecule has 17 heteroatoms. The van der Waals surface area contributed by atoms with Gasteiger partial charge in [-0.25, -0.2) is 29.1 Å². The molecule has 0 spiro atoms. The molecule has 0 radical (unpaired) electrons. The molecule has 83 heavy (non-hydrogen) atoms. The molecule has 1 N–H and O–H groups in total. The van der Waals surface area contributed by atoms with E-state index >= 15 is 0 Å². The highest BCUT2D eigenvalue weighted by molar-refractivity contribution is 5.92. The minimum Gasteiger partial charge on any atom is -0.494 e. The summed E-state index contributed by atoms with van der Waals surface area (Å²) in [6, 6.07) is 34.5. The fourth-order valence-electron chi connectivity index (χ4n) is 9.06. The van der Waals surface area contributed by atoms with Gasteiger partial charge in [0.25, 0.3) is 0 Å². The Labute approximate surface area is 485 Å². The smallest absolute Gasteiger partial charge is 0.343 e. The number of aliphatic hydroxyl groups excluding tert-OH is 1. The van der Waals surface area contributed by atoms with Gasteiger partial charge in [0.2, 0.25) is 0 Å². The first-order chi connectivity index (χ1) is 40.6. The van der Waals surface area contributed by atoms with E-state index in [2.05, 4.69) is 19.7 Å². The van der Waals surface area contributed by atoms with Crippen LogP contribution in [0.25, 0.3) is 33.5 Å². The van der Waals surface area contributed by atoms with Gasteiger partial charge in [-0.3, -0.25) is 0 Å². The van der Waals surface area contributed by atoms with Crippen molar-refractivity contribution in [3.05, 3.63) is 159 Å². The van der Waals surface area contributed by atoms with Crippen LogP contribution >= 0.6 is 0 Å². The van der Waals surface area contributed by atoms with Crippen LogP contribution in [0.2, 0.25) is 0 Å². The third kappa shape index (κ3) is 21.1. The van der Waals surface area contributed by atoms with Crippen molar-refractivity contribution < 1.29 is 71.7 Å². The lowest BCUT2D eigenvalue weighted by atomic mass is 9.82. The number of benzene rings is 5. The molecule has 0 amide bonds. The number of nitrogens with zero attached hydrogens (tertiary/aromatic N) is 2. The molecule has 1 atom stereocenters. The second kappa shape index (κ2) is 34.0. The van der Waals surface area contributed by atoms with E-state index in [-0.39, 0.29) is 38.3 Å². The van der Waals surface area contributed by atoms with Gasteiger partial charge < -0.3 is 52.5 Å². The van der Waals surface area contributed by atoms with Crippen LogP contribution < -0.4 is 28.4 Å². The Morgan fingerprint density at radius 1 is 0.482 bits per heavy atom. The second-order valence-corrected chi connectivity index (χ2v) is 19.7. The fraction of sp³-hybridized carbons (Fsp3) is 0.364. The number of hydrogen-bond donors (Lipinski definition) is 1. The lowest BCUT2D eigenvalue weighted by molar-refractivity contribution is -0.139. The Hall–Kier alpha value is -8.54. The van der Waals surface area contributed by atoms with Crippen LogP contribution in [0.15, 0.2) is 153 Å². The highest BCUT2D eigenvalue weighted by Gasteiger charge is 2.28. The summed E-state index contributed by atoms with van der Waals surface area (Å²) in [7, 11) is 0. The number of hydrogen-bond acceptors (Lipinski definition) is 17. The number of carbonyl (C=O) groups is 4. The topological polar surface area (TPSA) is 207 Å². The molecule has 1 aliphatic carbocycles. The van der Waals surface area contributed by atoms with Crippen molar-refractivity contribution >= 4 is 34.9 Å². The van der Waals surface area contributed by atoms with Crippen LogP contribution in [-0.4, -0.2) is 105 Å². The molecular formula is C66H74N2O15. The van der Waals surface area contributed by atoms with Gasteiger partial charge in [0.05, 0.1) is 74.2 Å². The monoisotopic (exact) mass is 1130 g/mol. The number of aromatic nitrogens is 2. The Balaban J connectivity index is 0.946. The summed E-state index contributed by atoms with van der Waals surface area (Å²) in [4.78, 5) is 57.5. The van der Waals surface area contributed by atoms with Crippen molar-refractivity contribution in [2.24, 2.45) is 11.8 Å². The first-order valence-electron chi connectivity index (χ1n) is 28.3. The fourth-order valence-corrected chi connectivity index (χ4v) is 9.06. The molecule has 1 saturated carbocycles. The van der Waals surface area contributed by atoms with Crippen LogP contribution in [0, 0.1) is 11.8 Å². The lowest BCUT2D eigenvalue weighted by Gasteiger charge is -2.31. The van der Waals surface area contributed by atoms with E-state index in [0.717, 1.165) is 101 Å². The van der Waals surface area contributed by atoms with E-state index in [0.29, 0.717) is 95.3 Å². The first-order valence-corrected chi connectivity index (χ1v) is 28.3. The van der Waals surface area contributed by atoms with Crippen LogP contribution in [0.4, 0.5) is 0 Å². The molecule has 1 aromatic heterocycles. The van der Waals surface area contributed by atoms with Gasteiger partial charge in [-0.1, -0.05) is 44.0 Å².